The number of nitrogens with zero attached hydrogens (tertiary/aromatic N) is 5. The highest BCUT2D eigenvalue weighted by atomic mass is 35.5. The molecule has 4 rings (SSSR count). The van der Waals surface area contributed by atoms with Crippen molar-refractivity contribution in [2.75, 3.05) is 0 Å². The molecule has 9 heteroatoms. The molecule has 2 N–H and O–H groups in total. The van der Waals surface area contributed by atoms with Crippen LogP contribution in [0.5, 0.6) is 0 Å². The molecule has 8 nitrogen and oxygen atoms in total. The molecule has 0 atom stereocenters. The summed E-state index contributed by atoms with van der Waals surface area (Å²) in [6, 6.07) is 14.2. The molecule has 3 heterocycles. The van der Waals surface area contributed by atoms with Crippen LogP contribution in [0.1, 0.15) is 16.1 Å². The summed E-state index contributed by atoms with van der Waals surface area (Å²) in [5, 5.41) is 18.3. The number of aromatic nitrogens is 4. The number of benzene rings is 1. The summed E-state index contributed by atoms with van der Waals surface area (Å²) in [6.45, 7) is 0.873. The molecule has 0 saturated heterocycles. The number of nitriles is 1. The van der Waals surface area contributed by atoms with Crippen molar-refractivity contribution in [2.24, 2.45) is 5.73 Å². The monoisotopic (exact) mass is 406 g/mol. The molecule has 0 saturated carbocycles. The average Bonchev–Trinajstić information content (AvgIpc) is 3.46. The second kappa shape index (κ2) is 7.66. The van der Waals surface area contributed by atoms with Crippen LogP contribution in [-0.4, -0.2) is 25.5 Å². The van der Waals surface area contributed by atoms with Gasteiger partial charge in [-0.25, -0.2) is 0 Å². The molecular formula is C20H15ClN6O2. The van der Waals surface area contributed by atoms with Gasteiger partial charge in [0.15, 0.2) is 5.76 Å². The van der Waals surface area contributed by atoms with Gasteiger partial charge in [0, 0.05) is 17.8 Å². The predicted molar refractivity (Wildman–Crippen MR) is 106 cm³/mol. The molecular weight excluding hydrogens is 392 g/mol. The zero-order valence-electron chi connectivity index (χ0n) is 15.1. The molecule has 3 aromatic heterocycles. The fraction of sp³-hybridized carbons (Fsp3) is 0.100. The number of hydrogen-bond donors (Lipinski definition) is 1. The van der Waals surface area contributed by atoms with Gasteiger partial charge in [-0.15, -0.1) is 0 Å². The summed E-state index contributed by atoms with van der Waals surface area (Å²) in [5.74, 6) is -0.00555. The van der Waals surface area contributed by atoms with Crippen molar-refractivity contribution in [3.63, 3.8) is 0 Å². The molecule has 0 aliphatic heterocycles. The van der Waals surface area contributed by atoms with Crippen LogP contribution in [0.3, 0.4) is 0 Å². The Morgan fingerprint density at radius 1 is 1.17 bits per heavy atom. The standard InChI is InChI=1S/C20H15ClN6O2/c21-15-10-13(3-4-14(15)12-22)16-5-6-26(24-16)7-8-27-18(20(23)28)11-17(25-27)19-2-1-9-29-19/h1-6,9-11H,7-8H2,(H2,23,28). The first-order chi connectivity index (χ1) is 14.0. The lowest BCUT2D eigenvalue weighted by atomic mass is 10.1. The molecule has 144 valence electrons. The predicted octanol–water partition coefficient (Wildman–Crippen LogP) is 3.33. The second-order valence-electron chi connectivity index (χ2n) is 6.25. The van der Waals surface area contributed by atoms with Crippen molar-refractivity contribution in [3.8, 4) is 28.8 Å². The van der Waals surface area contributed by atoms with E-state index in [1.807, 2.05) is 18.3 Å². The Labute approximate surface area is 170 Å². The minimum absolute atomic E-state index is 0.294. The number of hydrogen-bond acceptors (Lipinski definition) is 5. The van der Waals surface area contributed by atoms with Gasteiger partial charge in [0.1, 0.15) is 17.5 Å². The van der Waals surface area contributed by atoms with Crippen molar-refractivity contribution >= 4 is 17.5 Å². The SMILES string of the molecule is N#Cc1ccc(-c2ccn(CCn3nc(-c4ccco4)cc3C(N)=O)n2)cc1Cl. The number of amides is 1. The maximum atomic E-state index is 11.8. The Balaban J connectivity index is 1.52. The highest BCUT2D eigenvalue weighted by molar-refractivity contribution is 6.32. The van der Waals surface area contributed by atoms with E-state index in [4.69, 9.17) is 27.0 Å². The molecule has 0 radical (unpaired) electrons. The van der Waals surface area contributed by atoms with E-state index in [1.165, 1.54) is 0 Å². The van der Waals surface area contributed by atoms with Gasteiger partial charge in [-0.2, -0.15) is 15.5 Å². The van der Waals surface area contributed by atoms with E-state index in [0.717, 1.165) is 11.3 Å². The smallest absolute Gasteiger partial charge is 0.267 e. The maximum Gasteiger partial charge on any atom is 0.267 e. The van der Waals surface area contributed by atoms with Gasteiger partial charge in [-0.1, -0.05) is 17.7 Å². The first kappa shape index (κ1) is 18.5. The van der Waals surface area contributed by atoms with E-state index in [9.17, 15) is 4.79 Å². The van der Waals surface area contributed by atoms with Gasteiger partial charge < -0.3 is 10.2 Å². The van der Waals surface area contributed by atoms with Crippen LogP contribution in [-0.2, 0) is 13.1 Å². The number of nitrogens with two attached hydrogens (primary N) is 1. The van der Waals surface area contributed by atoms with Crippen LogP contribution in [0.4, 0.5) is 0 Å². The average molecular weight is 407 g/mol. The molecule has 29 heavy (non-hydrogen) atoms. The quantitative estimate of drug-likeness (QED) is 0.527. The lowest BCUT2D eigenvalue weighted by Gasteiger charge is -2.05. The van der Waals surface area contributed by atoms with Crippen LogP contribution < -0.4 is 5.73 Å². The lowest BCUT2D eigenvalue weighted by Crippen LogP contribution is -2.19. The zero-order valence-corrected chi connectivity index (χ0v) is 15.9. The summed E-state index contributed by atoms with van der Waals surface area (Å²) < 4.78 is 8.61. The number of rotatable bonds is 6. The van der Waals surface area contributed by atoms with E-state index in [-0.39, 0.29) is 0 Å². The van der Waals surface area contributed by atoms with Gasteiger partial charge in [0.2, 0.25) is 0 Å². The molecule has 0 fully saturated rings. The number of primary amides is 1. The normalized spacial score (nSPS) is 10.8. The molecule has 0 unspecified atom stereocenters. The van der Waals surface area contributed by atoms with E-state index in [0.29, 0.717) is 40.8 Å². The van der Waals surface area contributed by atoms with E-state index < -0.39 is 5.91 Å². The van der Waals surface area contributed by atoms with Gasteiger partial charge in [-0.3, -0.25) is 14.2 Å². The van der Waals surface area contributed by atoms with Crippen LogP contribution in [0.2, 0.25) is 5.02 Å². The number of halogens is 1. The highest BCUT2D eigenvalue weighted by Crippen LogP contribution is 2.24. The Bertz CT molecular complexity index is 1220. The van der Waals surface area contributed by atoms with Crippen molar-refractivity contribution in [1.29, 1.82) is 5.26 Å². The first-order valence-corrected chi connectivity index (χ1v) is 9.08. The lowest BCUT2D eigenvalue weighted by molar-refractivity contribution is 0.0989. The minimum atomic E-state index is -0.566. The molecule has 0 bridgehead atoms. The Morgan fingerprint density at radius 3 is 2.72 bits per heavy atom. The summed E-state index contributed by atoms with van der Waals surface area (Å²) in [6.07, 6.45) is 3.36. The van der Waals surface area contributed by atoms with Crippen LogP contribution >= 0.6 is 11.6 Å². The molecule has 4 aromatic rings. The second-order valence-corrected chi connectivity index (χ2v) is 6.66. The van der Waals surface area contributed by atoms with Crippen molar-refractivity contribution in [3.05, 3.63) is 71.2 Å². The molecule has 0 spiro atoms. The first-order valence-electron chi connectivity index (χ1n) is 8.70. The fourth-order valence-electron chi connectivity index (χ4n) is 2.93. The summed E-state index contributed by atoms with van der Waals surface area (Å²) in [4.78, 5) is 11.8. The Hall–Kier alpha value is -3.83. The molecule has 1 amide bonds. The van der Waals surface area contributed by atoms with Crippen LogP contribution in [0.25, 0.3) is 22.7 Å². The van der Waals surface area contributed by atoms with Gasteiger partial charge in [0.05, 0.1) is 35.6 Å². The summed E-state index contributed by atoms with van der Waals surface area (Å²) >= 11 is 6.10. The highest BCUT2D eigenvalue weighted by Gasteiger charge is 2.15. The van der Waals surface area contributed by atoms with Crippen LogP contribution in [0, 0.1) is 11.3 Å². The third kappa shape index (κ3) is 3.77. The fourth-order valence-corrected chi connectivity index (χ4v) is 3.16. The summed E-state index contributed by atoms with van der Waals surface area (Å²) in [5.41, 5.74) is 8.26. The topological polar surface area (TPSA) is 116 Å². The van der Waals surface area contributed by atoms with Gasteiger partial charge >= 0.3 is 0 Å². The van der Waals surface area contributed by atoms with Crippen LogP contribution in [0.15, 0.2) is 59.3 Å². The molecule has 0 aliphatic carbocycles. The Kier molecular flexibility index (Phi) is 4.89. The molecule has 0 aliphatic rings. The van der Waals surface area contributed by atoms with Crippen molar-refractivity contribution in [1.82, 2.24) is 19.6 Å². The molecule has 1 aromatic carbocycles. The van der Waals surface area contributed by atoms with Gasteiger partial charge in [-0.05, 0) is 30.3 Å². The maximum absolute atomic E-state index is 11.8. The minimum Gasteiger partial charge on any atom is -0.463 e. The van der Waals surface area contributed by atoms with Crippen molar-refractivity contribution < 1.29 is 9.21 Å². The van der Waals surface area contributed by atoms with E-state index in [2.05, 4.69) is 10.2 Å². The summed E-state index contributed by atoms with van der Waals surface area (Å²) in [7, 11) is 0. The Morgan fingerprint density at radius 2 is 2.03 bits per heavy atom. The third-order valence-electron chi connectivity index (χ3n) is 4.37. The van der Waals surface area contributed by atoms with Crippen molar-refractivity contribution in [2.45, 2.75) is 13.1 Å². The third-order valence-corrected chi connectivity index (χ3v) is 4.69. The number of furan rings is 1. The van der Waals surface area contributed by atoms with E-state index >= 15 is 0 Å². The van der Waals surface area contributed by atoms with Gasteiger partial charge in [0.25, 0.3) is 5.91 Å². The number of aryl methyl sites for hydroxylation is 2. The number of carbonyl (C=O) groups excluding carboxylic acids is 1. The number of carbonyl (C=O) groups is 1. The zero-order chi connectivity index (χ0) is 20.4. The van der Waals surface area contributed by atoms with E-state index in [1.54, 1.807) is 52.0 Å². The largest absolute Gasteiger partial charge is 0.463 e.